The van der Waals surface area contributed by atoms with Gasteiger partial charge in [-0.15, -0.1) is 22.7 Å². The van der Waals surface area contributed by atoms with Crippen LogP contribution in [-0.4, -0.2) is 15.0 Å². The number of hydrogen-bond donors (Lipinski definition) is 1. The first-order valence-electron chi connectivity index (χ1n) is 13.2. The molecule has 0 atom stereocenters. The smallest absolute Gasteiger partial charge is 0.237 e. The van der Waals surface area contributed by atoms with Gasteiger partial charge in [-0.25, -0.2) is 9.97 Å². The average molecular weight is 566 g/mol. The number of aromatic nitrogens is 3. The zero-order chi connectivity index (χ0) is 26.9. The number of oxazole rings is 1. The molecule has 5 heterocycles. The van der Waals surface area contributed by atoms with E-state index in [1.807, 2.05) is 30.5 Å². The minimum atomic E-state index is 0.607. The predicted octanol–water partition coefficient (Wildman–Crippen LogP) is 10.4. The Morgan fingerprint density at radius 3 is 2.07 bits per heavy atom. The van der Waals surface area contributed by atoms with Gasteiger partial charge in [0.15, 0.2) is 5.58 Å². The monoisotopic (exact) mass is 565 g/mol. The molecule has 0 saturated heterocycles. The Labute approximate surface area is 241 Å². The molecular formula is C34H19N3O2S2. The van der Waals surface area contributed by atoms with Crippen LogP contribution in [0.4, 0.5) is 0 Å². The van der Waals surface area contributed by atoms with Gasteiger partial charge in [0.25, 0.3) is 0 Å². The van der Waals surface area contributed by atoms with Crippen LogP contribution in [0.5, 0.6) is 0 Å². The number of H-pyrrole nitrogens is 1. The van der Waals surface area contributed by atoms with E-state index in [-0.39, 0.29) is 0 Å². The summed E-state index contributed by atoms with van der Waals surface area (Å²) in [4.78, 5) is 15.2. The van der Waals surface area contributed by atoms with Crippen molar-refractivity contribution in [3.05, 3.63) is 109 Å². The largest absolute Gasteiger partial charge is 0.456 e. The average Bonchev–Trinajstić information content (AvgIpc) is 3.83. The van der Waals surface area contributed by atoms with Gasteiger partial charge in [-0.3, -0.25) is 0 Å². The Morgan fingerprint density at radius 2 is 1.34 bits per heavy atom. The van der Waals surface area contributed by atoms with Crippen molar-refractivity contribution in [2.75, 3.05) is 0 Å². The van der Waals surface area contributed by atoms with E-state index in [0.717, 1.165) is 54.5 Å². The molecule has 9 rings (SSSR count). The summed E-state index contributed by atoms with van der Waals surface area (Å²) in [6.07, 6.45) is 3.61. The van der Waals surface area contributed by atoms with Crippen LogP contribution in [0.1, 0.15) is 0 Å². The van der Waals surface area contributed by atoms with Crippen LogP contribution in [0.3, 0.4) is 0 Å². The van der Waals surface area contributed by atoms with Crippen molar-refractivity contribution in [1.82, 2.24) is 15.0 Å². The zero-order valence-electron chi connectivity index (χ0n) is 21.4. The molecule has 0 radical (unpaired) electrons. The molecule has 5 nitrogen and oxygen atoms in total. The summed E-state index contributed by atoms with van der Waals surface area (Å²) < 4.78 is 15.5. The van der Waals surface area contributed by atoms with Crippen LogP contribution in [0.25, 0.3) is 86.2 Å². The zero-order valence-corrected chi connectivity index (χ0v) is 23.1. The summed E-state index contributed by atoms with van der Waals surface area (Å²) in [5.41, 5.74) is 5.15. The SMILES string of the molecule is c1ccc2oc(-c3c(-c4ncc[nH]4)cc4oc(-c5cc6ccccc6s5)nc4c3-c3cc4ccccc4s3)cc2c1. The molecular weight excluding hydrogens is 547 g/mol. The summed E-state index contributed by atoms with van der Waals surface area (Å²) in [7, 11) is 0. The molecule has 0 amide bonds. The molecule has 1 N–H and O–H groups in total. The van der Waals surface area contributed by atoms with Crippen molar-refractivity contribution in [3.8, 4) is 43.9 Å². The summed E-state index contributed by atoms with van der Waals surface area (Å²) >= 11 is 3.43. The molecule has 0 spiro atoms. The van der Waals surface area contributed by atoms with Gasteiger partial charge in [-0.2, -0.15) is 0 Å². The second-order valence-corrected chi connectivity index (χ2v) is 12.1. The minimum Gasteiger partial charge on any atom is -0.456 e. The summed E-state index contributed by atoms with van der Waals surface area (Å²) in [5, 5.41) is 3.41. The van der Waals surface area contributed by atoms with Crippen LogP contribution in [-0.2, 0) is 0 Å². The number of furan rings is 1. The van der Waals surface area contributed by atoms with E-state index in [0.29, 0.717) is 11.5 Å². The number of rotatable bonds is 4. The molecule has 0 aliphatic rings. The Bertz CT molecular complexity index is 2290. The first kappa shape index (κ1) is 22.8. The fourth-order valence-corrected chi connectivity index (χ4v) is 7.67. The lowest BCUT2D eigenvalue weighted by Crippen LogP contribution is -1.91. The van der Waals surface area contributed by atoms with Crippen LogP contribution in [0.15, 0.2) is 118 Å². The topological polar surface area (TPSA) is 67.8 Å². The lowest BCUT2D eigenvalue weighted by atomic mass is 9.95. The maximum absolute atomic E-state index is 6.54. The molecule has 0 aliphatic heterocycles. The fourth-order valence-electron chi connectivity index (χ4n) is 5.56. The quantitative estimate of drug-likeness (QED) is 0.230. The Hall–Kier alpha value is -4.98. The van der Waals surface area contributed by atoms with E-state index in [9.17, 15) is 0 Å². The number of nitrogens with zero attached hydrogens (tertiary/aromatic N) is 2. The van der Waals surface area contributed by atoms with Crippen molar-refractivity contribution in [3.63, 3.8) is 0 Å². The van der Waals surface area contributed by atoms with Gasteiger partial charge >= 0.3 is 0 Å². The summed E-state index contributed by atoms with van der Waals surface area (Å²) in [6, 6.07) is 33.4. The van der Waals surface area contributed by atoms with Gasteiger partial charge in [0.05, 0.1) is 4.88 Å². The van der Waals surface area contributed by atoms with Gasteiger partial charge in [0.2, 0.25) is 5.89 Å². The molecule has 4 aromatic carbocycles. The first-order valence-corrected chi connectivity index (χ1v) is 14.9. The third-order valence-electron chi connectivity index (χ3n) is 7.42. The van der Waals surface area contributed by atoms with Gasteiger partial charge in [0, 0.05) is 48.7 Å². The van der Waals surface area contributed by atoms with Crippen LogP contribution < -0.4 is 0 Å². The van der Waals surface area contributed by atoms with Gasteiger partial charge < -0.3 is 13.8 Å². The number of benzene rings is 4. The van der Waals surface area contributed by atoms with E-state index in [2.05, 4.69) is 82.8 Å². The second-order valence-electron chi connectivity index (χ2n) is 9.92. The van der Waals surface area contributed by atoms with Crippen molar-refractivity contribution in [1.29, 1.82) is 0 Å². The first-order chi connectivity index (χ1) is 20.3. The van der Waals surface area contributed by atoms with Crippen molar-refractivity contribution in [2.24, 2.45) is 0 Å². The molecule has 0 bridgehead atoms. The molecule has 194 valence electrons. The Morgan fingerprint density at radius 1 is 0.634 bits per heavy atom. The molecule has 5 aromatic heterocycles. The fraction of sp³-hybridized carbons (Fsp3) is 0. The van der Waals surface area contributed by atoms with E-state index in [1.165, 1.54) is 20.2 Å². The lowest BCUT2D eigenvalue weighted by molar-refractivity contribution is 0.621. The molecule has 0 fully saturated rings. The number of nitrogens with one attached hydrogen (secondary N) is 1. The minimum absolute atomic E-state index is 0.607. The van der Waals surface area contributed by atoms with Crippen molar-refractivity contribution >= 4 is 64.9 Å². The number of imidazole rings is 1. The lowest BCUT2D eigenvalue weighted by Gasteiger charge is -2.11. The van der Waals surface area contributed by atoms with Crippen molar-refractivity contribution < 1.29 is 8.83 Å². The van der Waals surface area contributed by atoms with Crippen LogP contribution >= 0.6 is 22.7 Å². The van der Waals surface area contributed by atoms with E-state index in [4.69, 9.17) is 13.8 Å². The number of thiophene rings is 2. The number of para-hydroxylation sites is 1. The Kier molecular flexibility index (Phi) is 4.87. The molecule has 0 saturated carbocycles. The predicted molar refractivity (Wildman–Crippen MR) is 168 cm³/mol. The number of aromatic amines is 1. The molecule has 7 heteroatoms. The summed E-state index contributed by atoms with van der Waals surface area (Å²) in [5.74, 6) is 2.11. The van der Waals surface area contributed by atoms with Gasteiger partial charge in [-0.05, 0) is 53.2 Å². The van der Waals surface area contributed by atoms with Crippen LogP contribution in [0, 0.1) is 0 Å². The van der Waals surface area contributed by atoms with E-state index < -0.39 is 0 Å². The molecule has 9 aromatic rings. The molecule has 0 unspecified atom stereocenters. The molecule has 0 aliphatic carbocycles. The highest BCUT2D eigenvalue weighted by molar-refractivity contribution is 7.22. The van der Waals surface area contributed by atoms with Gasteiger partial charge in [0.1, 0.15) is 22.7 Å². The molecule has 41 heavy (non-hydrogen) atoms. The number of hydrogen-bond acceptors (Lipinski definition) is 6. The highest BCUT2D eigenvalue weighted by atomic mass is 32.1. The normalized spacial score (nSPS) is 11.9. The van der Waals surface area contributed by atoms with E-state index >= 15 is 0 Å². The number of fused-ring (bicyclic) bond motifs is 4. The van der Waals surface area contributed by atoms with Crippen LogP contribution in [0.2, 0.25) is 0 Å². The highest BCUT2D eigenvalue weighted by Gasteiger charge is 2.27. The second kappa shape index (κ2) is 8.76. The third-order valence-corrected chi connectivity index (χ3v) is 9.66. The maximum Gasteiger partial charge on any atom is 0.237 e. The maximum atomic E-state index is 6.54. The van der Waals surface area contributed by atoms with E-state index in [1.54, 1.807) is 28.9 Å². The standard InChI is InChI=1S/C34H19N3O2S2/c1-4-10-23-19(7-1)15-24(38-23)30-22(33-35-13-14-36-33)18-25-32(31(30)28-16-20-8-2-5-11-26(20)40-28)37-34(39-25)29-17-21-9-3-6-12-27(21)41-29/h1-18H,(H,35,36). The highest BCUT2D eigenvalue weighted by Crippen LogP contribution is 2.49. The van der Waals surface area contributed by atoms with Gasteiger partial charge in [-0.1, -0.05) is 54.6 Å². The van der Waals surface area contributed by atoms with Crippen molar-refractivity contribution in [2.45, 2.75) is 0 Å². The Balaban J connectivity index is 1.40. The third kappa shape index (κ3) is 3.60. The summed E-state index contributed by atoms with van der Waals surface area (Å²) in [6.45, 7) is 0.